The second-order valence-corrected chi connectivity index (χ2v) is 3.93. The minimum atomic E-state index is -0.881. The van der Waals surface area contributed by atoms with Crippen molar-refractivity contribution in [3.8, 4) is 6.07 Å². The van der Waals surface area contributed by atoms with Crippen LogP contribution in [0.5, 0.6) is 0 Å². The predicted molar refractivity (Wildman–Crippen MR) is 58.7 cm³/mol. The van der Waals surface area contributed by atoms with Crippen LogP contribution in [0.2, 0.25) is 5.02 Å². The van der Waals surface area contributed by atoms with Crippen LogP contribution in [-0.4, -0.2) is 11.9 Å². The number of carbonyl (C=O) groups excluding carboxylic acids is 1. The van der Waals surface area contributed by atoms with Crippen molar-refractivity contribution in [2.75, 3.05) is 0 Å². The van der Waals surface area contributed by atoms with Crippen molar-refractivity contribution in [3.63, 3.8) is 0 Å². The molecule has 0 unspecified atom stereocenters. The zero-order chi connectivity index (χ0) is 12.3. The molecule has 0 atom stereocenters. The number of hydrogen-bond acceptors (Lipinski definition) is 2. The monoisotopic (exact) mass is 240 g/mol. The molecule has 1 N–H and O–H groups in total. The molecule has 0 bridgehead atoms. The van der Waals surface area contributed by atoms with Crippen LogP contribution < -0.4 is 5.32 Å². The summed E-state index contributed by atoms with van der Waals surface area (Å²) in [6, 6.07) is 4.11. The van der Waals surface area contributed by atoms with Gasteiger partial charge in [0.2, 0.25) is 0 Å². The number of hydrogen-bond donors (Lipinski definition) is 1. The van der Waals surface area contributed by atoms with Crippen molar-refractivity contribution < 1.29 is 9.18 Å². The zero-order valence-corrected chi connectivity index (χ0v) is 9.60. The molecule has 0 heterocycles. The summed E-state index contributed by atoms with van der Waals surface area (Å²) >= 11 is 5.62. The molecule has 5 heteroatoms. The van der Waals surface area contributed by atoms with E-state index in [1.54, 1.807) is 19.9 Å². The lowest BCUT2D eigenvalue weighted by molar-refractivity contribution is 0.0939. The maximum absolute atomic E-state index is 13.7. The maximum Gasteiger partial charge on any atom is 0.254 e. The molecule has 1 rings (SSSR count). The molecule has 1 amide bonds. The summed E-state index contributed by atoms with van der Waals surface area (Å²) in [4.78, 5) is 11.6. The average molecular weight is 241 g/mol. The van der Waals surface area contributed by atoms with Crippen LogP contribution in [-0.2, 0) is 0 Å². The molecule has 0 aliphatic carbocycles. The van der Waals surface area contributed by atoms with Crippen molar-refractivity contribution in [1.29, 1.82) is 5.26 Å². The minimum Gasteiger partial charge on any atom is -0.350 e. The van der Waals surface area contributed by atoms with Crippen molar-refractivity contribution in [1.82, 2.24) is 5.32 Å². The molecule has 0 radical (unpaired) electrons. The van der Waals surface area contributed by atoms with E-state index >= 15 is 0 Å². The zero-order valence-electron chi connectivity index (χ0n) is 8.84. The standard InChI is InChI=1S/C11H10ClFN2O/c1-6(2)15-11(16)7-3-4-9(12)8(5-14)10(7)13/h3-4,6H,1-2H3,(H,15,16). The normalized spacial score (nSPS) is 10.0. The van der Waals surface area contributed by atoms with E-state index in [2.05, 4.69) is 5.32 Å². The lowest BCUT2D eigenvalue weighted by atomic mass is 10.1. The molecular weight excluding hydrogens is 231 g/mol. The summed E-state index contributed by atoms with van der Waals surface area (Å²) in [5.74, 6) is -1.44. The summed E-state index contributed by atoms with van der Waals surface area (Å²) in [5.41, 5.74) is -0.479. The summed E-state index contributed by atoms with van der Waals surface area (Å²) in [7, 11) is 0. The van der Waals surface area contributed by atoms with E-state index in [0.29, 0.717) is 0 Å². The van der Waals surface area contributed by atoms with Gasteiger partial charge in [0.1, 0.15) is 11.6 Å². The number of rotatable bonds is 2. The molecule has 3 nitrogen and oxygen atoms in total. The molecule has 1 aromatic rings. The van der Waals surface area contributed by atoms with Crippen molar-refractivity contribution in [3.05, 3.63) is 34.1 Å². The van der Waals surface area contributed by atoms with Crippen molar-refractivity contribution in [2.24, 2.45) is 0 Å². The number of nitrogens with zero attached hydrogens (tertiary/aromatic N) is 1. The molecule has 0 saturated heterocycles. The highest BCUT2D eigenvalue weighted by molar-refractivity contribution is 6.31. The van der Waals surface area contributed by atoms with Gasteiger partial charge in [-0.25, -0.2) is 4.39 Å². The number of benzene rings is 1. The Morgan fingerprint density at radius 3 is 2.69 bits per heavy atom. The van der Waals surface area contributed by atoms with Gasteiger partial charge in [-0.15, -0.1) is 0 Å². The van der Waals surface area contributed by atoms with Gasteiger partial charge in [0.25, 0.3) is 5.91 Å². The molecule has 16 heavy (non-hydrogen) atoms. The molecule has 84 valence electrons. The van der Waals surface area contributed by atoms with Gasteiger partial charge < -0.3 is 5.32 Å². The van der Waals surface area contributed by atoms with E-state index in [1.165, 1.54) is 12.1 Å². The summed E-state index contributed by atoms with van der Waals surface area (Å²) < 4.78 is 13.7. The fourth-order valence-electron chi connectivity index (χ4n) is 1.17. The first-order valence-electron chi connectivity index (χ1n) is 4.66. The largest absolute Gasteiger partial charge is 0.350 e. The Bertz CT molecular complexity index is 466. The highest BCUT2D eigenvalue weighted by Gasteiger charge is 2.17. The number of nitriles is 1. The Morgan fingerprint density at radius 1 is 1.56 bits per heavy atom. The van der Waals surface area contributed by atoms with E-state index in [4.69, 9.17) is 16.9 Å². The fourth-order valence-corrected chi connectivity index (χ4v) is 1.36. The third-order valence-corrected chi connectivity index (χ3v) is 2.18. The lowest BCUT2D eigenvalue weighted by Gasteiger charge is -2.09. The Labute approximate surface area is 97.8 Å². The summed E-state index contributed by atoms with van der Waals surface area (Å²) in [5, 5.41) is 11.2. The fraction of sp³-hybridized carbons (Fsp3) is 0.273. The smallest absolute Gasteiger partial charge is 0.254 e. The van der Waals surface area contributed by atoms with Gasteiger partial charge in [-0.1, -0.05) is 11.6 Å². The first kappa shape index (κ1) is 12.5. The Hall–Kier alpha value is -1.60. The second-order valence-electron chi connectivity index (χ2n) is 3.52. The van der Waals surface area contributed by atoms with Crippen LogP contribution >= 0.6 is 11.6 Å². The van der Waals surface area contributed by atoms with E-state index in [0.717, 1.165) is 0 Å². The number of amides is 1. The Morgan fingerprint density at radius 2 is 2.19 bits per heavy atom. The minimum absolute atomic E-state index is 0.00102. The molecule has 0 fully saturated rings. The van der Waals surface area contributed by atoms with Crippen molar-refractivity contribution >= 4 is 17.5 Å². The van der Waals surface area contributed by atoms with Crippen LogP contribution in [0, 0.1) is 17.1 Å². The van der Waals surface area contributed by atoms with Crippen LogP contribution in [0.4, 0.5) is 4.39 Å². The van der Waals surface area contributed by atoms with Crippen LogP contribution in [0.25, 0.3) is 0 Å². The van der Waals surface area contributed by atoms with Crippen molar-refractivity contribution in [2.45, 2.75) is 19.9 Å². The average Bonchev–Trinajstić information content (AvgIpc) is 2.17. The second kappa shape index (κ2) is 4.95. The van der Waals surface area contributed by atoms with Gasteiger partial charge in [-0.2, -0.15) is 5.26 Å². The lowest BCUT2D eigenvalue weighted by Crippen LogP contribution is -2.30. The third-order valence-electron chi connectivity index (χ3n) is 1.87. The molecule has 0 saturated carbocycles. The molecular formula is C11H10ClFN2O. The van der Waals surface area contributed by atoms with E-state index in [9.17, 15) is 9.18 Å². The van der Waals surface area contributed by atoms with Crippen LogP contribution in [0.3, 0.4) is 0 Å². The highest BCUT2D eigenvalue weighted by atomic mass is 35.5. The topological polar surface area (TPSA) is 52.9 Å². The summed E-state index contributed by atoms with van der Waals surface area (Å²) in [6.45, 7) is 3.52. The van der Waals surface area contributed by atoms with Gasteiger partial charge in [0.15, 0.2) is 5.82 Å². The molecule has 1 aromatic carbocycles. The van der Waals surface area contributed by atoms with Gasteiger partial charge in [0.05, 0.1) is 10.6 Å². The Balaban J connectivity index is 3.17. The SMILES string of the molecule is CC(C)NC(=O)c1ccc(Cl)c(C#N)c1F. The molecule has 0 aliphatic heterocycles. The van der Waals surface area contributed by atoms with Gasteiger partial charge in [-0.05, 0) is 26.0 Å². The number of carbonyl (C=O) groups is 1. The number of nitrogens with one attached hydrogen (secondary N) is 1. The summed E-state index contributed by atoms with van der Waals surface area (Å²) in [6.07, 6.45) is 0. The first-order valence-corrected chi connectivity index (χ1v) is 5.04. The van der Waals surface area contributed by atoms with E-state index in [1.807, 2.05) is 0 Å². The highest BCUT2D eigenvalue weighted by Crippen LogP contribution is 2.21. The van der Waals surface area contributed by atoms with Gasteiger partial charge in [-0.3, -0.25) is 4.79 Å². The maximum atomic E-state index is 13.7. The quantitative estimate of drug-likeness (QED) is 0.864. The van der Waals surface area contributed by atoms with E-state index < -0.39 is 11.7 Å². The number of halogens is 2. The molecule has 0 spiro atoms. The molecule has 0 aromatic heterocycles. The Kier molecular flexibility index (Phi) is 3.86. The van der Waals surface area contributed by atoms with Crippen LogP contribution in [0.15, 0.2) is 12.1 Å². The van der Waals surface area contributed by atoms with Crippen LogP contribution in [0.1, 0.15) is 29.8 Å². The van der Waals surface area contributed by atoms with Gasteiger partial charge >= 0.3 is 0 Å². The predicted octanol–water partition coefficient (Wildman–Crippen LogP) is 2.49. The van der Waals surface area contributed by atoms with E-state index in [-0.39, 0.29) is 22.2 Å². The van der Waals surface area contributed by atoms with Gasteiger partial charge in [0, 0.05) is 6.04 Å². The first-order chi connectivity index (χ1) is 7.47. The molecule has 0 aliphatic rings. The third kappa shape index (κ3) is 2.50.